The van der Waals surface area contributed by atoms with Gasteiger partial charge in [-0.2, -0.15) is 4.98 Å². The second-order valence-corrected chi connectivity index (χ2v) is 7.18. The van der Waals surface area contributed by atoms with Crippen LogP contribution >= 0.6 is 0 Å². The fourth-order valence-electron chi connectivity index (χ4n) is 3.69. The van der Waals surface area contributed by atoms with E-state index in [-0.39, 0.29) is 0 Å². The van der Waals surface area contributed by atoms with Gasteiger partial charge in [0.1, 0.15) is 5.82 Å². The summed E-state index contributed by atoms with van der Waals surface area (Å²) in [5, 5.41) is 3.42. The Hall–Kier alpha value is -3.28. The van der Waals surface area contributed by atoms with Gasteiger partial charge in [0.25, 0.3) is 0 Å². The van der Waals surface area contributed by atoms with Crippen molar-refractivity contribution < 1.29 is 9.47 Å². The number of anilines is 2. The Morgan fingerprint density at radius 3 is 2.79 bits per heavy atom. The Labute approximate surface area is 164 Å². The Bertz CT molecular complexity index is 1020. The molecule has 6 heteroatoms. The quantitative estimate of drug-likeness (QED) is 0.752. The Kier molecular flexibility index (Phi) is 4.24. The number of aromatic nitrogens is 2. The van der Waals surface area contributed by atoms with Gasteiger partial charge in [0.2, 0.25) is 12.7 Å². The van der Waals surface area contributed by atoms with Crippen molar-refractivity contribution in [1.82, 2.24) is 9.97 Å². The first-order valence-corrected chi connectivity index (χ1v) is 9.54. The van der Waals surface area contributed by atoms with Gasteiger partial charge >= 0.3 is 0 Å². The van der Waals surface area contributed by atoms with Crippen LogP contribution in [0.15, 0.2) is 48.5 Å². The van der Waals surface area contributed by atoms with E-state index in [0.717, 1.165) is 54.0 Å². The minimum absolute atomic E-state index is 0.291. The number of ether oxygens (including phenoxy) is 2. The van der Waals surface area contributed by atoms with Crippen molar-refractivity contribution in [2.24, 2.45) is 0 Å². The molecule has 5 rings (SSSR count). The van der Waals surface area contributed by atoms with Crippen LogP contribution in [0.3, 0.4) is 0 Å². The molecule has 0 saturated carbocycles. The van der Waals surface area contributed by atoms with Crippen LogP contribution in [0.25, 0.3) is 0 Å². The maximum absolute atomic E-state index is 5.46. The summed E-state index contributed by atoms with van der Waals surface area (Å²) in [5.41, 5.74) is 4.85. The maximum Gasteiger partial charge on any atom is 0.231 e. The zero-order valence-electron chi connectivity index (χ0n) is 15.8. The van der Waals surface area contributed by atoms with Crippen LogP contribution in [0.5, 0.6) is 11.5 Å². The van der Waals surface area contributed by atoms with Crippen molar-refractivity contribution in [2.45, 2.75) is 26.4 Å². The fourth-order valence-corrected chi connectivity index (χ4v) is 3.69. The molecular formula is C22H22N4O2. The summed E-state index contributed by atoms with van der Waals surface area (Å²) in [6.07, 6.45) is 1.02. The van der Waals surface area contributed by atoms with Crippen LogP contribution in [0.4, 0.5) is 11.8 Å². The zero-order chi connectivity index (χ0) is 18.9. The lowest BCUT2D eigenvalue weighted by molar-refractivity contribution is 0.174. The molecule has 1 N–H and O–H groups in total. The molecule has 0 saturated heterocycles. The third kappa shape index (κ3) is 3.33. The summed E-state index contributed by atoms with van der Waals surface area (Å²) in [6, 6.07) is 16.6. The zero-order valence-corrected chi connectivity index (χ0v) is 15.8. The van der Waals surface area contributed by atoms with Crippen molar-refractivity contribution in [3.63, 3.8) is 0 Å². The molecule has 1 aromatic heterocycles. The molecule has 0 atom stereocenters. The summed E-state index contributed by atoms with van der Waals surface area (Å²) >= 11 is 0. The fraction of sp³-hybridized carbons (Fsp3) is 0.273. The van der Waals surface area contributed by atoms with Crippen molar-refractivity contribution in [3.05, 3.63) is 70.9 Å². The minimum Gasteiger partial charge on any atom is -0.454 e. The van der Waals surface area contributed by atoms with Crippen molar-refractivity contribution in [1.29, 1.82) is 0 Å². The second kappa shape index (κ2) is 7.03. The highest BCUT2D eigenvalue weighted by molar-refractivity contribution is 5.48. The van der Waals surface area contributed by atoms with Crippen molar-refractivity contribution >= 4 is 11.8 Å². The summed E-state index contributed by atoms with van der Waals surface area (Å²) in [6.45, 7) is 4.74. The molecule has 2 aliphatic heterocycles. The lowest BCUT2D eigenvalue weighted by Gasteiger charge is -2.29. The summed E-state index contributed by atoms with van der Waals surface area (Å²) in [4.78, 5) is 11.7. The number of fused-ring (bicyclic) bond motifs is 2. The van der Waals surface area contributed by atoms with E-state index in [0.29, 0.717) is 13.3 Å². The van der Waals surface area contributed by atoms with Gasteiger partial charge in [-0.05, 0) is 42.2 Å². The standard InChI is InChI=1S/C22H22N4O2/c1-15-10-21(23-12-16-6-7-19-20(11-16)28-14-27-19)25-22(24-15)26-9-8-17-4-2-3-5-18(17)13-26/h2-7,10-11H,8-9,12-14H2,1H3,(H,23,24,25). The molecular weight excluding hydrogens is 352 g/mol. The highest BCUT2D eigenvalue weighted by Crippen LogP contribution is 2.32. The number of nitrogens with one attached hydrogen (secondary N) is 1. The van der Waals surface area contributed by atoms with Gasteiger partial charge in [-0.1, -0.05) is 30.3 Å². The van der Waals surface area contributed by atoms with Crippen LogP contribution in [-0.2, 0) is 19.5 Å². The number of hydrogen-bond donors (Lipinski definition) is 1. The molecule has 2 aliphatic rings. The SMILES string of the molecule is Cc1cc(NCc2ccc3c(c2)OCO3)nc(N2CCc3ccccc3C2)n1. The van der Waals surface area contributed by atoms with Crippen LogP contribution < -0.4 is 19.7 Å². The van der Waals surface area contributed by atoms with Crippen molar-refractivity contribution in [3.8, 4) is 11.5 Å². The normalized spacial score (nSPS) is 14.7. The largest absolute Gasteiger partial charge is 0.454 e. The van der Waals surface area contributed by atoms with E-state index in [1.165, 1.54) is 11.1 Å². The monoisotopic (exact) mass is 374 g/mol. The Morgan fingerprint density at radius 1 is 1.00 bits per heavy atom. The summed E-state index contributed by atoms with van der Waals surface area (Å²) in [7, 11) is 0. The second-order valence-electron chi connectivity index (χ2n) is 7.18. The first-order chi connectivity index (χ1) is 13.7. The molecule has 0 spiro atoms. The van der Waals surface area contributed by atoms with Gasteiger partial charge in [-0.15, -0.1) is 0 Å². The number of hydrogen-bond acceptors (Lipinski definition) is 6. The molecule has 0 amide bonds. The van der Waals surface area contributed by atoms with E-state index in [2.05, 4.69) is 39.5 Å². The molecule has 28 heavy (non-hydrogen) atoms. The number of rotatable bonds is 4. The molecule has 0 radical (unpaired) electrons. The summed E-state index contributed by atoms with van der Waals surface area (Å²) in [5.74, 6) is 3.21. The molecule has 0 fully saturated rings. The van der Waals surface area contributed by atoms with Gasteiger partial charge in [-0.25, -0.2) is 4.98 Å². The van der Waals surface area contributed by atoms with Gasteiger partial charge in [0.05, 0.1) is 0 Å². The van der Waals surface area contributed by atoms with Gasteiger partial charge in [-0.3, -0.25) is 0 Å². The first kappa shape index (κ1) is 16.9. The molecule has 3 heterocycles. The molecule has 0 unspecified atom stereocenters. The third-order valence-electron chi connectivity index (χ3n) is 5.17. The number of aryl methyl sites for hydroxylation is 1. The van der Waals surface area contributed by atoms with E-state index in [1.54, 1.807) is 0 Å². The van der Waals surface area contributed by atoms with E-state index in [9.17, 15) is 0 Å². The van der Waals surface area contributed by atoms with Gasteiger partial charge in [0, 0.05) is 31.4 Å². The predicted molar refractivity (Wildman–Crippen MR) is 108 cm³/mol. The minimum atomic E-state index is 0.291. The average Bonchev–Trinajstić information content (AvgIpc) is 3.19. The third-order valence-corrected chi connectivity index (χ3v) is 5.17. The Balaban J connectivity index is 1.32. The van der Waals surface area contributed by atoms with Gasteiger partial charge in [0.15, 0.2) is 11.5 Å². The van der Waals surface area contributed by atoms with Crippen LogP contribution in [-0.4, -0.2) is 23.3 Å². The smallest absolute Gasteiger partial charge is 0.231 e. The molecule has 0 aliphatic carbocycles. The Morgan fingerprint density at radius 2 is 1.86 bits per heavy atom. The van der Waals surface area contributed by atoms with E-state index in [4.69, 9.17) is 14.5 Å². The average molecular weight is 374 g/mol. The number of nitrogens with zero attached hydrogens (tertiary/aromatic N) is 3. The molecule has 142 valence electrons. The van der Waals surface area contributed by atoms with E-state index < -0.39 is 0 Å². The van der Waals surface area contributed by atoms with E-state index >= 15 is 0 Å². The molecule has 3 aromatic rings. The van der Waals surface area contributed by atoms with Gasteiger partial charge < -0.3 is 19.7 Å². The highest BCUT2D eigenvalue weighted by atomic mass is 16.7. The molecule has 2 aromatic carbocycles. The highest BCUT2D eigenvalue weighted by Gasteiger charge is 2.19. The first-order valence-electron chi connectivity index (χ1n) is 9.54. The van der Waals surface area contributed by atoms with E-state index in [1.807, 2.05) is 31.2 Å². The lowest BCUT2D eigenvalue weighted by atomic mass is 10.0. The van der Waals surface area contributed by atoms with Crippen molar-refractivity contribution in [2.75, 3.05) is 23.6 Å². The maximum atomic E-state index is 5.46. The van der Waals surface area contributed by atoms with Crippen LogP contribution in [0.2, 0.25) is 0 Å². The summed E-state index contributed by atoms with van der Waals surface area (Å²) < 4.78 is 10.8. The predicted octanol–water partition coefficient (Wildman–Crippen LogP) is 3.69. The topological polar surface area (TPSA) is 59.5 Å². The molecule has 0 bridgehead atoms. The lowest BCUT2D eigenvalue weighted by Crippen LogP contribution is -2.32. The van der Waals surface area contributed by atoms with Crippen LogP contribution in [0.1, 0.15) is 22.4 Å². The number of benzene rings is 2. The van der Waals surface area contributed by atoms with Crippen LogP contribution in [0, 0.1) is 6.92 Å². The molecule has 6 nitrogen and oxygen atoms in total.